The van der Waals surface area contributed by atoms with Gasteiger partial charge in [0, 0.05) is 12.1 Å². The minimum Gasteiger partial charge on any atom is -0.337 e. The summed E-state index contributed by atoms with van der Waals surface area (Å²) < 4.78 is 0. The smallest absolute Gasteiger partial charge is 0.278 e. The summed E-state index contributed by atoms with van der Waals surface area (Å²) in [5, 5.41) is 0. The summed E-state index contributed by atoms with van der Waals surface area (Å²) >= 11 is 0. The Morgan fingerprint density at radius 3 is 2.00 bits per heavy atom. The van der Waals surface area contributed by atoms with E-state index in [2.05, 4.69) is 41.1 Å². The van der Waals surface area contributed by atoms with Gasteiger partial charge in [0.1, 0.15) is 11.4 Å². The second-order valence-corrected chi connectivity index (χ2v) is 7.07. The third kappa shape index (κ3) is 3.13. The first-order valence-corrected chi connectivity index (χ1v) is 9.81. The van der Waals surface area contributed by atoms with Crippen molar-refractivity contribution >= 4 is 11.7 Å². The van der Waals surface area contributed by atoms with Crippen molar-refractivity contribution in [2.75, 3.05) is 6.54 Å². The molecule has 1 aliphatic heterocycles. The lowest BCUT2D eigenvalue weighted by Gasteiger charge is -2.38. The predicted molar refractivity (Wildman–Crippen MR) is 113 cm³/mol. The molecule has 0 bridgehead atoms. The quantitative estimate of drug-likeness (QED) is 0.625. The molecule has 0 saturated carbocycles. The molecule has 1 aliphatic rings. The molecule has 0 fully saturated rings. The van der Waals surface area contributed by atoms with Crippen LogP contribution in [0.15, 0.2) is 96.0 Å². The van der Waals surface area contributed by atoms with Crippen LogP contribution in [0.2, 0.25) is 0 Å². The van der Waals surface area contributed by atoms with Gasteiger partial charge in [-0.3, -0.25) is 4.79 Å². The molecule has 1 amide bonds. The fourth-order valence-electron chi connectivity index (χ4n) is 4.07. The van der Waals surface area contributed by atoms with Crippen LogP contribution in [-0.2, 0) is 16.8 Å². The van der Waals surface area contributed by atoms with E-state index in [1.165, 1.54) is 5.56 Å². The zero-order valence-corrected chi connectivity index (χ0v) is 16.1. The maximum atomic E-state index is 13.3. The Morgan fingerprint density at radius 1 is 0.821 bits per heavy atom. The molecule has 3 aromatic rings. The monoisotopic (exact) mass is 368 g/mol. The maximum Gasteiger partial charge on any atom is 0.278 e. The van der Waals surface area contributed by atoms with Crippen molar-refractivity contribution in [2.45, 2.75) is 25.3 Å². The summed E-state index contributed by atoms with van der Waals surface area (Å²) in [4.78, 5) is 20.1. The predicted octanol–water partition coefficient (Wildman–Crippen LogP) is 4.82. The fourth-order valence-corrected chi connectivity index (χ4v) is 4.07. The molecule has 0 N–H and O–H groups in total. The molecule has 0 aliphatic carbocycles. The molecule has 3 heteroatoms. The number of carbonyl (C=O) groups excluding carboxylic acids is 1. The normalized spacial score (nSPS) is 19.0. The molecular weight excluding hydrogens is 344 g/mol. The number of hydrogen-bond acceptors (Lipinski definition) is 2. The number of nitrogens with zero attached hydrogens (tertiary/aromatic N) is 2. The molecule has 0 spiro atoms. The second-order valence-electron chi connectivity index (χ2n) is 7.07. The van der Waals surface area contributed by atoms with Crippen LogP contribution in [0, 0.1) is 0 Å². The molecular formula is C25H24N2O. The molecule has 0 aromatic heterocycles. The van der Waals surface area contributed by atoms with Gasteiger partial charge in [-0.15, -0.1) is 0 Å². The Balaban J connectivity index is 1.77. The average molecular weight is 368 g/mol. The van der Waals surface area contributed by atoms with E-state index in [4.69, 9.17) is 0 Å². The minimum atomic E-state index is -0.749. The maximum absolute atomic E-state index is 13.3. The van der Waals surface area contributed by atoms with Gasteiger partial charge in [-0.05, 0) is 24.0 Å². The van der Waals surface area contributed by atoms with E-state index in [9.17, 15) is 4.79 Å². The van der Waals surface area contributed by atoms with Gasteiger partial charge in [-0.2, -0.15) is 4.99 Å². The number of carbonyl (C=O) groups is 1. The fraction of sp³-hybridized carbons (Fsp3) is 0.200. The first kappa shape index (κ1) is 18.2. The van der Waals surface area contributed by atoms with E-state index in [0.29, 0.717) is 6.42 Å². The molecule has 0 radical (unpaired) electrons. The number of rotatable bonds is 6. The molecule has 140 valence electrons. The van der Waals surface area contributed by atoms with Crippen LogP contribution < -0.4 is 0 Å². The van der Waals surface area contributed by atoms with E-state index in [-0.39, 0.29) is 5.91 Å². The zero-order chi connectivity index (χ0) is 19.4. The SMILES string of the molecule is CC[C@]1(c2ccccc2)C(=O)N=C(c2ccccc2)N1CCc1ccccc1. The number of benzene rings is 3. The van der Waals surface area contributed by atoms with Gasteiger partial charge in [0.2, 0.25) is 0 Å². The lowest BCUT2D eigenvalue weighted by molar-refractivity contribution is -0.126. The standard InChI is InChI=1S/C25H24N2O/c1-2-25(22-16-10-5-11-17-22)24(28)26-23(21-14-8-4-9-15-21)27(25)19-18-20-12-6-3-7-13-20/h3-17H,2,18-19H2,1H3/t25-/m0/s1. The van der Waals surface area contributed by atoms with Crippen molar-refractivity contribution in [3.63, 3.8) is 0 Å². The van der Waals surface area contributed by atoms with Crippen LogP contribution in [0.3, 0.4) is 0 Å². The molecule has 0 unspecified atom stereocenters. The third-order valence-corrected chi connectivity index (χ3v) is 5.54. The van der Waals surface area contributed by atoms with Gasteiger partial charge in [-0.25, -0.2) is 0 Å². The van der Waals surface area contributed by atoms with E-state index in [0.717, 1.165) is 29.9 Å². The topological polar surface area (TPSA) is 32.7 Å². The summed E-state index contributed by atoms with van der Waals surface area (Å²) in [6, 6.07) is 30.5. The lowest BCUT2D eigenvalue weighted by atomic mass is 9.85. The Morgan fingerprint density at radius 2 is 1.39 bits per heavy atom. The van der Waals surface area contributed by atoms with Crippen molar-refractivity contribution < 1.29 is 4.79 Å². The summed E-state index contributed by atoms with van der Waals surface area (Å²) in [6.07, 6.45) is 1.53. The van der Waals surface area contributed by atoms with Crippen LogP contribution in [0.25, 0.3) is 0 Å². The Bertz CT molecular complexity index is 967. The number of amides is 1. The van der Waals surface area contributed by atoms with Crippen molar-refractivity contribution in [3.05, 3.63) is 108 Å². The van der Waals surface area contributed by atoms with Crippen LogP contribution in [0.4, 0.5) is 0 Å². The number of amidine groups is 1. The van der Waals surface area contributed by atoms with Gasteiger partial charge in [0.05, 0.1) is 0 Å². The van der Waals surface area contributed by atoms with Gasteiger partial charge in [0.15, 0.2) is 0 Å². The summed E-state index contributed by atoms with van der Waals surface area (Å²) in [7, 11) is 0. The number of aliphatic imine (C=N–C) groups is 1. The van der Waals surface area contributed by atoms with Gasteiger partial charge >= 0.3 is 0 Å². The van der Waals surface area contributed by atoms with Crippen LogP contribution in [0.5, 0.6) is 0 Å². The largest absolute Gasteiger partial charge is 0.337 e. The molecule has 1 atom stereocenters. The Hall–Kier alpha value is -3.20. The molecule has 3 nitrogen and oxygen atoms in total. The highest BCUT2D eigenvalue weighted by molar-refractivity contribution is 6.13. The van der Waals surface area contributed by atoms with Gasteiger partial charge in [0.25, 0.3) is 5.91 Å². The van der Waals surface area contributed by atoms with Gasteiger partial charge in [-0.1, -0.05) is 97.9 Å². The van der Waals surface area contributed by atoms with Crippen molar-refractivity contribution in [1.82, 2.24) is 4.90 Å². The van der Waals surface area contributed by atoms with Crippen molar-refractivity contribution in [2.24, 2.45) is 4.99 Å². The van der Waals surface area contributed by atoms with Crippen molar-refractivity contribution in [3.8, 4) is 0 Å². The molecule has 4 rings (SSSR count). The molecule has 3 aromatic carbocycles. The van der Waals surface area contributed by atoms with E-state index >= 15 is 0 Å². The Kier molecular flexibility index (Phi) is 5.07. The molecule has 0 saturated heterocycles. The first-order valence-electron chi connectivity index (χ1n) is 9.81. The van der Waals surface area contributed by atoms with Crippen molar-refractivity contribution in [1.29, 1.82) is 0 Å². The Labute approximate surface area is 166 Å². The van der Waals surface area contributed by atoms with Crippen LogP contribution >= 0.6 is 0 Å². The minimum absolute atomic E-state index is 0.0758. The summed E-state index contributed by atoms with van der Waals surface area (Å²) in [6.45, 7) is 2.80. The lowest BCUT2D eigenvalue weighted by Crippen LogP contribution is -2.49. The second kappa shape index (κ2) is 7.81. The highest BCUT2D eigenvalue weighted by Gasteiger charge is 2.50. The third-order valence-electron chi connectivity index (χ3n) is 5.54. The summed E-state index contributed by atoms with van der Waals surface area (Å²) in [5.41, 5.74) is 2.49. The van der Waals surface area contributed by atoms with Gasteiger partial charge < -0.3 is 4.90 Å². The van der Waals surface area contributed by atoms with Crippen LogP contribution in [-0.4, -0.2) is 23.2 Å². The average Bonchev–Trinajstić information content (AvgIpc) is 3.06. The zero-order valence-electron chi connectivity index (χ0n) is 16.1. The first-order chi connectivity index (χ1) is 13.8. The number of hydrogen-bond donors (Lipinski definition) is 0. The van der Waals surface area contributed by atoms with E-state index in [1.54, 1.807) is 0 Å². The van der Waals surface area contributed by atoms with Crippen LogP contribution in [0.1, 0.15) is 30.0 Å². The summed E-state index contributed by atoms with van der Waals surface area (Å²) in [5.74, 6) is 0.695. The van der Waals surface area contributed by atoms with E-state index < -0.39 is 5.54 Å². The highest BCUT2D eigenvalue weighted by Crippen LogP contribution is 2.39. The van der Waals surface area contributed by atoms with E-state index in [1.807, 2.05) is 66.7 Å². The molecule has 28 heavy (non-hydrogen) atoms. The molecule has 1 heterocycles. The highest BCUT2D eigenvalue weighted by atomic mass is 16.2.